The van der Waals surface area contributed by atoms with E-state index in [0.29, 0.717) is 16.4 Å². The minimum atomic E-state index is -5.35. The molecule has 10 rings (SSSR count). The number of carbonyl (C=O) groups excluding carboxylic acids is 1. The molecule has 0 atom stereocenters. The van der Waals surface area contributed by atoms with Crippen molar-refractivity contribution in [2.75, 3.05) is 0 Å². The molecule has 1 radical (unpaired) electrons. The summed E-state index contributed by atoms with van der Waals surface area (Å²) in [6, 6.07) is 66.3. The standard InChI is InChI=1S/C23H12F3NO4.C18H15OP.C15H15OP.Eu/c24-23(25,26)21(29)18-19(28)17-15(27(22(18)30)12-6-2-1-3-7-12)11-10-14-13-8-4-5-9-16(13)31-20(14)17;19-20(16-10-4-1-5-11-16,17-12-6-2-7-13-17)18-14-8-3-9-15-18;1-13(2)17(16,14-9-5-3-6-10-14)15-11-7-4-8-12-15;/h1-11,28H;1-15H;3-12H,1H2,2H3;. The minimum absolute atomic E-state index is 0. The number of hydrogen-bond donors (Lipinski definition) is 1. The van der Waals surface area contributed by atoms with Crippen molar-refractivity contribution in [3.63, 3.8) is 0 Å². The molecule has 0 spiro atoms. The SMILES string of the molecule is C=C(C)P(=O)(c1ccccc1)c1ccccc1.O=C(c1c(O)c2c3oc4ccccc4c3ccc2n(-c2ccccc2)c1=O)C(F)(F)F.O=P(c1ccccc1)(c1ccccc1)c1ccccc1.[Eu]. The number of furan rings is 1. The van der Waals surface area contributed by atoms with Crippen LogP contribution in [0.25, 0.3) is 38.5 Å². The van der Waals surface area contributed by atoms with Gasteiger partial charge in [0.15, 0.2) is 14.3 Å². The first-order valence-electron chi connectivity index (χ1n) is 21.3. The predicted molar refractivity (Wildman–Crippen MR) is 269 cm³/mol. The van der Waals surface area contributed by atoms with Gasteiger partial charge in [0.1, 0.15) is 22.5 Å². The van der Waals surface area contributed by atoms with Crippen LogP contribution in [0.2, 0.25) is 0 Å². The molecule has 2 heterocycles. The van der Waals surface area contributed by atoms with Gasteiger partial charge in [-0.3, -0.25) is 14.2 Å². The van der Waals surface area contributed by atoms with E-state index < -0.39 is 43.1 Å². The largest absolute Gasteiger partial charge is 0.506 e. The van der Waals surface area contributed by atoms with Crippen molar-refractivity contribution in [3.8, 4) is 11.4 Å². The number of ketones is 1. The van der Waals surface area contributed by atoms with E-state index in [0.717, 1.165) is 36.4 Å². The summed E-state index contributed by atoms with van der Waals surface area (Å²) in [4.78, 5) is 25.2. The van der Waals surface area contributed by atoms with Crippen LogP contribution < -0.4 is 32.1 Å². The van der Waals surface area contributed by atoms with Gasteiger partial charge in [-0.1, -0.05) is 195 Å². The Morgan fingerprint density at radius 2 is 0.957 bits per heavy atom. The first-order valence-corrected chi connectivity index (χ1v) is 24.7. The van der Waals surface area contributed by atoms with Gasteiger partial charge in [-0.15, -0.1) is 0 Å². The zero-order valence-electron chi connectivity index (χ0n) is 36.8. The summed E-state index contributed by atoms with van der Waals surface area (Å²) in [5, 5.41) is 16.9. The van der Waals surface area contributed by atoms with E-state index in [9.17, 15) is 37.0 Å². The molecule has 13 heteroatoms. The van der Waals surface area contributed by atoms with Crippen LogP contribution in [-0.4, -0.2) is 21.6 Å². The van der Waals surface area contributed by atoms with Gasteiger partial charge in [-0.2, -0.15) is 13.2 Å². The maximum absolute atomic E-state index is 13.8. The third-order valence-electron chi connectivity index (χ3n) is 11.3. The number of fused-ring (bicyclic) bond motifs is 5. The molecular formula is C56H42EuF3NO6P2. The van der Waals surface area contributed by atoms with E-state index in [1.165, 1.54) is 18.2 Å². The molecule has 0 aliphatic rings. The maximum Gasteiger partial charge on any atom is 0.455 e. The van der Waals surface area contributed by atoms with Gasteiger partial charge >= 0.3 is 6.18 Å². The molecule has 0 amide bonds. The molecule has 0 saturated heterocycles. The first-order chi connectivity index (χ1) is 32.8. The molecule has 0 aliphatic carbocycles. The number of nitrogens with zero attached hydrogens (tertiary/aromatic N) is 1. The third kappa shape index (κ3) is 10.1. The van der Waals surface area contributed by atoms with Crippen molar-refractivity contribution in [1.29, 1.82) is 0 Å². The summed E-state index contributed by atoms with van der Waals surface area (Å²) < 4.78 is 73.7. The average molecular weight is 1100 g/mol. The fourth-order valence-electron chi connectivity index (χ4n) is 8.05. The molecule has 0 saturated carbocycles. The number of pyridine rings is 1. The van der Waals surface area contributed by atoms with Crippen molar-refractivity contribution in [2.45, 2.75) is 13.1 Å². The molecule has 7 nitrogen and oxygen atoms in total. The van der Waals surface area contributed by atoms with Gasteiger partial charge in [-0.05, 0) is 42.6 Å². The molecule has 1 N–H and O–H groups in total. The molecule has 0 fully saturated rings. The maximum atomic E-state index is 13.8. The molecule has 2 aromatic heterocycles. The second kappa shape index (κ2) is 21.6. The predicted octanol–water partition coefficient (Wildman–Crippen LogP) is 12.2. The smallest absolute Gasteiger partial charge is 0.455 e. The van der Waals surface area contributed by atoms with Crippen molar-refractivity contribution in [3.05, 3.63) is 246 Å². The number of aromatic hydroxyl groups is 1. The fraction of sp³-hybridized carbons (Fsp3) is 0.0357. The molecule has 0 unspecified atom stereocenters. The Morgan fingerprint density at radius 3 is 1.38 bits per heavy atom. The van der Waals surface area contributed by atoms with E-state index in [1.807, 2.05) is 159 Å². The number of carbonyl (C=O) groups is 1. The van der Waals surface area contributed by atoms with Gasteiger partial charge < -0.3 is 18.7 Å². The van der Waals surface area contributed by atoms with Gasteiger partial charge in [0.05, 0.1) is 10.9 Å². The van der Waals surface area contributed by atoms with Gasteiger partial charge in [0.2, 0.25) is 0 Å². The summed E-state index contributed by atoms with van der Waals surface area (Å²) in [6.07, 6.45) is -5.35. The van der Waals surface area contributed by atoms with Crippen LogP contribution in [0.1, 0.15) is 17.3 Å². The zero-order valence-corrected chi connectivity index (χ0v) is 41.0. The number of alkyl halides is 3. The number of rotatable bonds is 8. The molecule has 10 aromatic rings. The third-order valence-corrected chi connectivity index (χ3v) is 17.5. The summed E-state index contributed by atoms with van der Waals surface area (Å²) in [5.74, 6) is -3.48. The monoisotopic (exact) mass is 1100 g/mol. The average Bonchev–Trinajstić information content (AvgIpc) is 3.76. The molecule has 0 aliphatic heterocycles. The second-order valence-corrected chi connectivity index (χ2v) is 21.4. The van der Waals surface area contributed by atoms with Crippen LogP contribution in [-0.2, 0) is 9.13 Å². The molecule has 0 bridgehead atoms. The summed E-state index contributed by atoms with van der Waals surface area (Å²) >= 11 is 0. The number of para-hydroxylation sites is 2. The van der Waals surface area contributed by atoms with Crippen LogP contribution in [0.3, 0.4) is 0 Å². The van der Waals surface area contributed by atoms with E-state index in [4.69, 9.17) is 4.42 Å². The number of Topliss-reactive ketones (excluding diaryl/α,β-unsaturated/α-hetero) is 1. The summed E-state index contributed by atoms with van der Waals surface area (Å²) in [7, 11) is -5.47. The van der Waals surface area contributed by atoms with Crippen LogP contribution >= 0.6 is 14.3 Å². The van der Waals surface area contributed by atoms with Crippen molar-refractivity contribution < 1.29 is 86.0 Å². The van der Waals surface area contributed by atoms with Crippen molar-refractivity contribution in [1.82, 2.24) is 4.57 Å². The quantitative estimate of drug-likeness (QED) is 0.120. The van der Waals surface area contributed by atoms with E-state index in [2.05, 4.69) is 6.58 Å². The topological polar surface area (TPSA) is 107 Å². The van der Waals surface area contributed by atoms with E-state index in [-0.39, 0.29) is 71.6 Å². The van der Waals surface area contributed by atoms with Crippen LogP contribution in [0.4, 0.5) is 13.2 Å². The summed E-state index contributed by atoms with van der Waals surface area (Å²) in [5.41, 5.74) is -1.74. The Balaban J connectivity index is 0.000000161. The van der Waals surface area contributed by atoms with Gasteiger partial charge in [0.25, 0.3) is 11.3 Å². The first kappa shape index (κ1) is 50.7. The fourth-order valence-corrected chi connectivity index (χ4v) is 13.1. The second-order valence-electron chi connectivity index (χ2n) is 15.6. The van der Waals surface area contributed by atoms with Crippen molar-refractivity contribution in [2.24, 2.45) is 0 Å². The Morgan fingerprint density at radius 1 is 0.565 bits per heavy atom. The normalized spacial score (nSPS) is 11.4. The van der Waals surface area contributed by atoms with E-state index >= 15 is 0 Å². The summed E-state index contributed by atoms with van der Waals surface area (Å²) in [6.45, 7) is 5.75. The number of allylic oxidation sites excluding steroid dienone is 1. The zero-order chi connectivity index (χ0) is 48.1. The number of benzene rings is 8. The van der Waals surface area contributed by atoms with Crippen molar-refractivity contribution >= 4 is 79.4 Å². The molecule has 69 heavy (non-hydrogen) atoms. The molecular weight excluding hydrogens is 1050 g/mol. The number of aromatic nitrogens is 1. The molecule has 345 valence electrons. The van der Waals surface area contributed by atoms with Gasteiger partial charge in [-0.25, -0.2) is 0 Å². The Kier molecular flexibility index (Phi) is 15.9. The Hall–Kier alpha value is -6.19. The molecule has 8 aromatic carbocycles. The van der Waals surface area contributed by atoms with Crippen LogP contribution in [0, 0.1) is 49.4 Å². The Bertz CT molecular complexity index is 3430. The van der Waals surface area contributed by atoms with Crippen LogP contribution in [0.15, 0.2) is 239 Å². The van der Waals surface area contributed by atoms with Crippen LogP contribution in [0.5, 0.6) is 5.75 Å². The minimum Gasteiger partial charge on any atom is -0.506 e. The van der Waals surface area contributed by atoms with Gasteiger partial charge in [0, 0.05) is 92.4 Å². The van der Waals surface area contributed by atoms with E-state index in [1.54, 1.807) is 48.5 Å². The number of halogens is 3. The number of hydrogen-bond acceptors (Lipinski definition) is 6. The Labute approximate surface area is 436 Å².